The Balaban J connectivity index is 1.77. The Hall–Kier alpha value is -2.88. The minimum absolute atomic E-state index is 0.344. The largest absolute Gasteiger partial charge is 0.424 e. The van der Waals surface area contributed by atoms with E-state index in [1.165, 1.54) is 0 Å². The van der Waals surface area contributed by atoms with Gasteiger partial charge in [-0.1, -0.05) is 30.3 Å². The topological polar surface area (TPSA) is 47.0 Å². The quantitative estimate of drug-likeness (QED) is 0.783. The zero-order valence-corrected chi connectivity index (χ0v) is 11.7. The first-order valence-corrected chi connectivity index (χ1v) is 6.68. The van der Waals surface area contributed by atoms with Gasteiger partial charge in [0.2, 0.25) is 0 Å². The lowest BCUT2D eigenvalue weighted by Gasteiger charge is -2.05. The number of nitrogens with one attached hydrogen (secondary N) is 1. The van der Waals surface area contributed by atoms with Crippen LogP contribution in [-0.4, -0.2) is 17.0 Å². The average molecular weight is 277 g/mol. The van der Waals surface area contributed by atoms with E-state index in [-0.39, 0.29) is 0 Å². The molecule has 1 heterocycles. The van der Waals surface area contributed by atoms with E-state index in [9.17, 15) is 0 Å². The lowest BCUT2D eigenvalue weighted by Crippen LogP contribution is -1.92. The van der Waals surface area contributed by atoms with Crippen molar-refractivity contribution in [2.75, 3.05) is 12.4 Å². The highest BCUT2D eigenvalue weighted by atomic mass is 16.5. The molecule has 0 amide bonds. The van der Waals surface area contributed by atoms with Crippen molar-refractivity contribution in [3.05, 3.63) is 67.0 Å². The van der Waals surface area contributed by atoms with Crippen LogP contribution in [0.4, 0.5) is 5.69 Å². The molecule has 2 aromatic carbocycles. The molecule has 0 spiro atoms. The van der Waals surface area contributed by atoms with E-state index in [0.717, 1.165) is 22.6 Å². The van der Waals surface area contributed by atoms with Crippen molar-refractivity contribution in [1.29, 1.82) is 0 Å². The molecule has 21 heavy (non-hydrogen) atoms. The number of benzene rings is 2. The van der Waals surface area contributed by atoms with Gasteiger partial charge in [0.05, 0.1) is 0 Å². The van der Waals surface area contributed by atoms with Crippen LogP contribution in [-0.2, 0) is 0 Å². The number of hydrogen-bond acceptors (Lipinski definition) is 4. The van der Waals surface area contributed by atoms with Crippen molar-refractivity contribution >= 4 is 5.69 Å². The standard InChI is InChI=1S/C17H15N3O/c1-18-15-9-7-13(8-10-15)14-11-19-17(20-12-14)21-16-5-3-2-4-6-16/h2-12,18H,1H3. The Morgan fingerprint density at radius 1 is 0.810 bits per heavy atom. The first kappa shape index (κ1) is 13.1. The molecule has 4 nitrogen and oxygen atoms in total. The van der Waals surface area contributed by atoms with Crippen molar-refractivity contribution in [1.82, 2.24) is 9.97 Å². The fraction of sp³-hybridized carbons (Fsp3) is 0.0588. The lowest BCUT2D eigenvalue weighted by atomic mass is 10.1. The van der Waals surface area contributed by atoms with Gasteiger partial charge in [-0.25, -0.2) is 9.97 Å². The van der Waals surface area contributed by atoms with Gasteiger partial charge in [0.1, 0.15) is 5.75 Å². The van der Waals surface area contributed by atoms with Crippen LogP contribution in [0.2, 0.25) is 0 Å². The van der Waals surface area contributed by atoms with E-state index in [1.54, 1.807) is 12.4 Å². The highest BCUT2D eigenvalue weighted by Gasteiger charge is 2.02. The smallest absolute Gasteiger partial charge is 0.321 e. The molecule has 3 rings (SSSR count). The second-order valence-electron chi connectivity index (χ2n) is 4.50. The summed E-state index contributed by atoms with van der Waals surface area (Å²) in [6.07, 6.45) is 3.53. The van der Waals surface area contributed by atoms with Crippen LogP contribution >= 0.6 is 0 Å². The van der Waals surface area contributed by atoms with Crippen LogP contribution in [0.25, 0.3) is 11.1 Å². The number of hydrogen-bond donors (Lipinski definition) is 1. The van der Waals surface area contributed by atoms with E-state index in [2.05, 4.69) is 15.3 Å². The first-order chi connectivity index (χ1) is 10.3. The Labute approximate surface area is 123 Å². The Bertz CT molecular complexity index is 694. The van der Waals surface area contributed by atoms with Gasteiger partial charge >= 0.3 is 6.01 Å². The maximum Gasteiger partial charge on any atom is 0.321 e. The second kappa shape index (κ2) is 6.05. The predicted octanol–water partition coefficient (Wildman–Crippen LogP) is 3.98. The third-order valence-electron chi connectivity index (χ3n) is 3.09. The maximum atomic E-state index is 5.57. The molecule has 0 atom stereocenters. The number of rotatable bonds is 4. The van der Waals surface area contributed by atoms with E-state index >= 15 is 0 Å². The number of aromatic nitrogens is 2. The summed E-state index contributed by atoms with van der Waals surface area (Å²) in [6.45, 7) is 0. The predicted molar refractivity (Wildman–Crippen MR) is 83.5 cm³/mol. The first-order valence-electron chi connectivity index (χ1n) is 6.68. The summed E-state index contributed by atoms with van der Waals surface area (Å²) in [6, 6.07) is 17.9. The third kappa shape index (κ3) is 3.17. The molecule has 0 aliphatic carbocycles. The molecule has 0 unspecified atom stereocenters. The number of ether oxygens (including phenoxy) is 1. The molecule has 0 aliphatic rings. The van der Waals surface area contributed by atoms with Crippen molar-refractivity contribution in [2.45, 2.75) is 0 Å². The molecular weight excluding hydrogens is 262 g/mol. The summed E-state index contributed by atoms with van der Waals surface area (Å²) in [4.78, 5) is 8.49. The van der Waals surface area contributed by atoms with Gasteiger partial charge < -0.3 is 10.1 Å². The van der Waals surface area contributed by atoms with E-state index in [0.29, 0.717) is 6.01 Å². The highest BCUT2D eigenvalue weighted by Crippen LogP contribution is 2.22. The monoisotopic (exact) mass is 277 g/mol. The summed E-state index contributed by atoms with van der Waals surface area (Å²) in [5.74, 6) is 0.726. The molecule has 104 valence electrons. The highest BCUT2D eigenvalue weighted by molar-refractivity contribution is 5.64. The average Bonchev–Trinajstić information content (AvgIpc) is 2.57. The second-order valence-corrected chi connectivity index (χ2v) is 4.50. The summed E-state index contributed by atoms with van der Waals surface area (Å²) in [5.41, 5.74) is 3.10. The number of para-hydroxylation sites is 1. The van der Waals surface area contributed by atoms with Crippen molar-refractivity contribution in [2.24, 2.45) is 0 Å². The fourth-order valence-electron chi connectivity index (χ4n) is 1.94. The molecule has 0 aliphatic heterocycles. The molecule has 3 aromatic rings. The molecular formula is C17H15N3O. The summed E-state index contributed by atoms with van der Waals surface area (Å²) >= 11 is 0. The van der Waals surface area contributed by atoms with Crippen LogP contribution in [0.1, 0.15) is 0 Å². The van der Waals surface area contributed by atoms with Crippen molar-refractivity contribution in [3.8, 4) is 22.9 Å². The SMILES string of the molecule is CNc1ccc(-c2cnc(Oc3ccccc3)nc2)cc1. The normalized spacial score (nSPS) is 10.1. The number of anilines is 1. The van der Waals surface area contributed by atoms with Crippen LogP contribution < -0.4 is 10.1 Å². The van der Waals surface area contributed by atoms with Crippen molar-refractivity contribution in [3.63, 3.8) is 0 Å². The molecule has 1 N–H and O–H groups in total. The maximum absolute atomic E-state index is 5.57. The minimum atomic E-state index is 0.344. The lowest BCUT2D eigenvalue weighted by molar-refractivity contribution is 0.442. The molecule has 0 saturated heterocycles. The Morgan fingerprint density at radius 2 is 1.48 bits per heavy atom. The summed E-state index contributed by atoms with van der Waals surface area (Å²) in [5, 5.41) is 3.09. The van der Waals surface area contributed by atoms with Gasteiger partial charge in [0, 0.05) is 30.7 Å². The minimum Gasteiger partial charge on any atom is -0.424 e. The van der Waals surface area contributed by atoms with E-state index in [1.807, 2.05) is 61.6 Å². The van der Waals surface area contributed by atoms with Crippen LogP contribution in [0, 0.1) is 0 Å². The van der Waals surface area contributed by atoms with Crippen LogP contribution in [0.5, 0.6) is 11.8 Å². The van der Waals surface area contributed by atoms with Crippen LogP contribution in [0.15, 0.2) is 67.0 Å². The van der Waals surface area contributed by atoms with Crippen LogP contribution in [0.3, 0.4) is 0 Å². The third-order valence-corrected chi connectivity index (χ3v) is 3.09. The van der Waals surface area contributed by atoms with Gasteiger partial charge in [-0.3, -0.25) is 0 Å². The molecule has 0 saturated carbocycles. The van der Waals surface area contributed by atoms with Crippen molar-refractivity contribution < 1.29 is 4.74 Å². The van der Waals surface area contributed by atoms with Gasteiger partial charge in [0.15, 0.2) is 0 Å². The van der Waals surface area contributed by atoms with Gasteiger partial charge in [0.25, 0.3) is 0 Å². The van der Waals surface area contributed by atoms with Gasteiger partial charge in [-0.05, 0) is 29.8 Å². The molecule has 1 aromatic heterocycles. The summed E-state index contributed by atoms with van der Waals surface area (Å²) < 4.78 is 5.57. The zero-order chi connectivity index (χ0) is 14.5. The molecule has 0 radical (unpaired) electrons. The Morgan fingerprint density at radius 3 is 2.10 bits per heavy atom. The molecule has 0 bridgehead atoms. The fourth-order valence-corrected chi connectivity index (χ4v) is 1.94. The van der Waals surface area contributed by atoms with E-state index in [4.69, 9.17) is 4.74 Å². The van der Waals surface area contributed by atoms with Gasteiger partial charge in [-0.15, -0.1) is 0 Å². The molecule has 0 fully saturated rings. The molecule has 4 heteroatoms. The zero-order valence-electron chi connectivity index (χ0n) is 11.7. The number of nitrogens with zero attached hydrogens (tertiary/aromatic N) is 2. The van der Waals surface area contributed by atoms with Gasteiger partial charge in [-0.2, -0.15) is 0 Å². The van der Waals surface area contributed by atoms with E-state index < -0.39 is 0 Å². The summed E-state index contributed by atoms with van der Waals surface area (Å²) in [7, 11) is 1.90. The Kier molecular flexibility index (Phi) is 3.78.